The van der Waals surface area contributed by atoms with E-state index in [-0.39, 0.29) is 12.2 Å². The van der Waals surface area contributed by atoms with Crippen molar-refractivity contribution in [3.05, 3.63) is 23.0 Å². The fraction of sp³-hybridized carbons (Fsp3) is 0.529. The predicted molar refractivity (Wildman–Crippen MR) is 95.4 cm³/mol. The van der Waals surface area contributed by atoms with Gasteiger partial charge in [0.15, 0.2) is 11.5 Å². The second-order valence-corrected chi connectivity index (χ2v) is 6.53. The topological polar surface area (TPSA) is 61.9 Å². The third-order valence-corrected chi connectivity index (χ3v) is 4.36. The molecule has 25 heavy (non-hydrogen) atoms. The van der Waals surface area contributed by atoms with E-state index in [1.807, 2.05) is 18.2 Å². The molecule has 0 spiro atoms. The number of ether oxygens (including phenoxy) is 3. The molecular weight excluding hydrogens is 342 g/mol. The molecule has 0 unspecified atom stereocenters. The average molecular weight is 365 g/mol. The lowest BCUT2D eigenvalue weighted by Gasteiger charge is -2.34. The maximum atomic E-state index is 5.76. The van der Waals surface area contributed by atoms with Gasteiger partial charge in [-0.1, -0.05) is 0 Å². The summed E-state index contributed by atoms with van der Waals surface area (Å²) in [5.41, 5.74) is 0.784. The van der Waals surface area contributed by atoms with Crippen molar-refractivity contribution >= 4 is 12.2 Å². The summed E-state index contributed by atoms with van der Waals surface area (Å²) in [5, 5.41) is 4.52. The van der Waals surface area contributed by atoms with Gasteiger partial charge in [-0.2, -0.15) is 0 Å². The van der Waals surface area contributed by atoms with Crippen molar-refractivity contribution in [3.8, 4) is 23.0 Å². The monoisotopic (exact) mass is 365 g/mol. The molecule has 1 aromatic carbocycles. The SMILES string of the molecule is COc1ccc(-c2nn(CN3C[C@H](C)O[C@@H](C)C3)c(=S)o2)cc1OC. The van der Waals surface area contributed by atoms with Gasteiger partial charge >= 0.3 is 0 Å². The Balaban J connectivity index is 1.82. The van der Waals surface area contributed by atoms with Crippen LogP contribution in [-0.2, 0) is 11.4 Å². The number of hydrogen-bond donors (Lipinski definition) is 0. The summed E-state index contributed by atoms with van der Waals surface area (Å²) in [4.78, 5) is 2.60. The van der Waals surface area contributed by atoms with Crippen LogP contribution in [-0.4, -0.2) is 54.2 Å². The van der Waals surface area contributed by atoms with E-state index in [4.69, 9.17) is 30.8 Å². The second-order valence-electron chi connectivity index (χ2n) is 6.18. The Morgan fingerprint density at radius 1 is 1.16 bits per heavy atom. The van der Waals surface area contributed by atoms with Gasteiger partial charge in [-0.3, -0.25) is 4.90 Å². The van der Waals surface area contributed by atoms with E-state index >= 15 is 0 Å². The Hall–Kier alpha value is -1.90. The zero-order valence-electron chi connectivity index (χ0n) is 14.9. The van der Waals surface area contributed by atoms with E-state index in [0.717, 1.165) is 18.7 Å². The van der Waals surface area contributed by atoms with Crippen molar-refractivity contribution in [1.82, 2.24) is 14.7 Å². The van der Waals surface area contributed by atoms with Crippen molar-refractivity contribution in [2.45, 2.75) is 32.7 Å². The standard InChI is InChI=1S/C17H23N3O4S/c1-11-8-19(9-12(2)23-11)10-20-17(25)24-16(18-20)13-5-6-14(21-3)15(7-13)22-4/h5-7,11-12H,8-10H2,1-4H3/t11-,12-/m0/s1. The summed E-state index contributed by atoms with van der Waals surface area (Å²) in [7, 11) is 3.19. The van der Waals surface area contributed by atoms with Gasteiger partial charge in [-0.15, -0.1) is 5.10 Å². The first kappa shape index (κ1) is 17.9. The molecule has 136 valence electrons. The molecule has 1 aliphatic heterocycles. The number of benzene rings is 1. The van der Waals surface area contributed by atoms with E-state index in [0.29, 0.717) is 28.9 Å². The van der Waals surface area contributed by atoms with Crippen molar-refractivity contribution in [1.29, 1.82) is 0 Å². The number of nitrogens with zero attached hydrogens (tertiary/aromatic N) is 3. The number of morpholine rings is 1. The summed E-state index contributed by atoms with van der Waals surface area (Å²) in [6, 6.07) is 5.50. The van der Waals surface area contributed by atoms with Crippen LogP contribution in [0, 0.1) is 4.84 Å². The number of hydrogen-bond acceptors (Lipinski definition) is 7. The number of rotatable bonds is 5. The summed E-state index contributed by atoms with van der Waals surface area (Å²) in [6.07, 6.45) is 0.380. The minimum atomic E-state index is 0.190. The fourth-order valence-electron chi connectivity index (χ4n) is 3.07. The molecular formula is C17H23N3O4S. The molecule has 0 bridgehead atoms. The fourth-order valence-corrected chi connectivity index (χ4v) is 3.25. The first-order chi connectivity index (χ1) is 12.0. The lowest BCUT2D eigenvalue weighted by molar-refractivity contribution is -0.0778. The average Bonchev–Trinajstić information content (AvgIpc) is 2.94. The molecule has 1 aliphatic rings. The quantitative estimate of drug-likeness (QED) is 0.755. The van der Waals surface area contributed by atoms with Crippen LogP contribution in [0.3, 0.4) is 0 Å². The highest BCUT2D eigenvalue weighted by Crippen LogP contribution is 2.31. The number of aromatic nitrogens is 2. The summed E-state index contributed by atoms with van der Waals surface area (Å²) in [5.74, 6) is 1.73. The van der Waals surface area contributed by atoms with Gasteiger partial charge in [-0.25, -0.2) is 4.68 Å². The van der Waals surface area contributed by atoms with Crippen LogP contribution >= 0.6 is 12.2 Å². The van der Waals surface area contributed by atoms with E-state index in [2.05, 4.69) is 23.8 Å². The third kappa shape index (κ3) is 4.02. The molecule has 1 aromatic heterocycles. The molecule has 7 nitrogen and oxygen atoms in total. The van der Waals surface area contributed by atoms with E-state index < -0.39 is 0 Å². The smallest absolute Gasteiger partial charge is 0.288 e. The first-order valence-corrected chi connectivity index (χ1v) is 8.59. The largest absolute Gasteiger partial charge is 0.493 e. The molecule has 0 aliphatic carbocycles. The molecule has 2 heterocycles. The van der Waals surface area contributed by atoms with E-state index in [9.17, 15) is 0 Å². The highest BCUT2D eigenvalue weighted by atomic mass is 32.1. The predicted octanol–water partition coefficient (Wildman–Crippen LogP) is 2.96. The van der Waals surface area contributed by atoms with Gasteiger partial charge in [0, 0.05) is 18.7 Å². The zero-order chi connectivity index (χ0) is 18.0. The van der Waals surface area contributed by atoms with Crippen LogP contribution in [0.15, 0.2) is 22.6 Å². The maximum absolute atomic E-state index is 5.76. The highest BCUT2D eigenvalue weighted by Gasteiger charge is 2.23. The van der Waals surface area contributed by atoms with Crippen molar-refractivity contribution in [2.24, 2.45) is 0 Å². The Bertz CT molecular complexity index is 778. The Labute approximate surface area is 152 Å². The van der Waals surface area contributed by atoms with Gasteiger partial charge in [0.05, 0.1) is 33.1 Å². The van der Waals surface area contributed by atoms with Crippen molar-refractivity contribution in [2.75, 3.05) is 27.3 Å². The van der Waals surface area contributed by atoms with Crippen molar-refractivity contribution in [3.63, 3.8) is 0 Å². The summed E-state index contributed by atoms with van der Waals surface area (Å²) < 4.78 is 23.7. The summed E-state index contributed by atoms with van der Waals surface area (Å²) >= 11 is 5.33. The van der Waals surface area contributed by atoms with Crippen LogP contribution in [0.5, 0.6) is 11.5 Å². The van der Waals surface area contributed by atoms with Gasteiger partial charge in [0.1, 0.15) is 0 Å². The number of methoxy groups -OCH3 is 2. The minimum Gasteiger partial charge on any atom is -0.493 e. The second kappa shape index (κ2) is 7.55. The molecule has 0 N–H and O–H groups in total. The van der Waals surface area contributed by atoms with Gasteiger partial charge in [0.25, 0.3) is 4.84 Å². The third-order valence-electron chi connectivity index (χ3n) is 4.07. The molecule has 1 saturated heterocycles. The van der Waals surface area contributed by atoms with E-state index in [1.165, 1.54) is 0 Å². The molecule has 2 aromatic rings. The van der Waals surface area contributed by atoms with Gasteiger partial charge in [0.2, 0.25) is 5.89 Å². The first-order valence-electron chi connectivity index (χ1n) is 8.18. The highest BCUT2D eigenvalue weighted by molar-refractivity contribution is 7.71. The van der Waals surface area contributed by atoms with E-state index in [1.54, 1.807) is 18.9 Å². The van der Waals surface area contributed by atoms with Crippen LogP contribution in [0.1, 0.15) is 13.8 Å². The normalized spacial score (nSPS) is 21.3. The van der Waals surface area contributed by atoms with Crippen LogP contribution in [0.25, 0.3) is 11.5 Å². The Morgan fingerprint density at radius 2 is 1.84 bits per heavy atom. The molecule has 3 rings (SSSR count). The molecule has 8 heteroatoms. The molecule has 1 fully saturated rings. The van der Waals surface area contributed by atoms with Gasteiger partial charge < -0.3 is 18.6 Å². The molecule has 0 radical (unpaired) electrons. The van der Waals surface area contributed by atoms with Crippen LogP contribution < -0.4 is 9.47 Å². The van der Waals surface area contributed by atoms with Crippen molar-refractivity contribution < 1.29 is 18.6 Å². The van der Waals surface area contributed by atoms with Crippen LogP contribution in [0.4, 0.5) is 0 Å². The molecule has 0 amide bonds. The van der Waals surface area contributed by atoms with Gasteiger partial charge in [-0.05, 0) is 44.3 Å². The van der Waals surface area contributed by atoms with Crippen LogP contribution in [0.2, 0.25) is 0 Å². The minimum absolute atomic E-state index is 0.190. The molecule has 0 saturated carbocycles. The molecule has 2 atom stereocenters. The zero-order valence-corrected chi connectivity index (χ0v) is 15.7. The lowest BCUT2D eigenvalue weighted by Crippen LogP contribution is -2.46. The Kier molecular flexibility index (Phi) is 5.41. The lowest BCUT2D eigenvalue weighted by atomic mass is 10.2. The Morgan fingerprint density at radius 3 is 2.48 bits per heavy atom. The summed E-state index contributed by atoms with van der Waals surface area (Å²) in [6.45, 7) is 6.39. The maximum Gasteiger partial charge on any atom is 0.288 e.